The molecular weight excluding hydrogens is 344 g/mol. The van der Waals surface area contributed by atoms with Gasteiger partial charge in [-0.2, -0.15) is 0 Å². The van der Waals surface area contributed by atoms with Crippen LogP contribution in [0.25, 0.3) is 0 Å². The second kappa shape index (κ2) is 6.29. The van der Waals surface area contributed by atoms with Crippen LogP contribution in [0.4, 0.5) is 0 Å². The number of hydrogen-bond donors (Lipinski definition) is 1. The largest absolute Gasteiger partial charge is 0.507 e. The smallest absolute Gasteiger partial charge is 0.153 e. The molecule has 3 nitrogen and oxygen atoms in total. The van der Waals surface area contributed by atoms with E-state index in [1.54, 1.807) is 0 Å². The Morgan fingerprint density at radius 3 is 2.85 bits per heavy atom. The van der Waals surface area contributed by atoms with Gasteiger partial charge in [-0.05, 0) is 31.2 Å². The van der Waals surface area contributed by atoms with Crippen LogP contribution in [-0.4, -0.2) is 11.4 Å². The van der Waals surface area contributed by atoms with Crippen molar-refractivity contribution in [2.24, 2.45) is 0 Å². The van der Waals surface area contributed by atoms with E-state index in [-0.39, 0.29) is 17.9 Å². The predicted molar refractivity (Wildman–Crippen MR) is 81.7 cm³/mol. The average Bonchev–Trinajstić information content (AvgIpc) is 2.43. The van der Waals surface area contributed by atoms with Crippen molar-refractivity contribution in [1.82, 2.24) is 0 Å². The fraction of sp³-hybridized carbons (Fsp3) is 0.133. The molecule has 0 saturated heterocycles. The third-order valence-electron chi connectivity index (χ3n) is 2.92. The number of aromatic hydroxyl groups is 1. The minimum Gasteiger partial charge on any atom is -0.507 e. The highest BCUT2D eigenvalue weighted by Crippen LogP contribution is 2.29. The Hall–Kier alpha value is -1.52. The molecule has 104 valence electrons. The van der Waals surface area contributed by atoms with Crippen LogP contribution < -0.4 is 4.74 Å². The van der Waals surface area contributed by atoms with Crippen molar-refractivity contribution < 1.29 is 14.6 Å². The van der Waals surface area contributed by atoms with Gasteiger partial charge in [0.25, 0.3) is 0 Å². The number of carbonyl (C=O) groups is 1. The summed E-state index contributed by atoms with van der Waals surface area (Å²) in [6.07, 6.45) is 0.560. The van der Waals surface area contributed by atoms with E-state index in [0.717, 1.165) is 15.8 Å². The number of aldehydes is 1. The highest BCUT2D eigenvalue weighted by Gasteiger charge is 2.09. The first-order valence-corrected chi connectivity index (χ1v) is 7.04. The number of carbonyl (C=O) groups excluding carboxylic acids is 1. The van der Waals surface area contributed by atoms with Gasteiger partial charge in [-0.25, -0.2) is 0 Å². The van der Waals surface area contributed by atoms with Crippen LogP contribution in [0.2, 0.25) is 5.02 Å². The van der Waals surface area contributed by atoms with Gasteiger partial charge in [-0.3, -0.25) is 4.79 Å². The molecule has 0 saturated carbocycles. The Kier molecular flexibility index (Phi) is 4.68. The van der Waals surface area contributed by atoms with E-state index in [1.807, 2.05) is 25.1 Å². The molecule has 1 N–H and O–H groups in total. The molecule has 0 heterocycles. The molecule has 2 rings (SSSR count). The highest BCUT2D eigenvalue weighted by atomic mass is 79.9. The molecule has 0 amide bonds. The molecule has 0 aliphatic carbocycles. The van der Waals surface area contributed by atoms with Gasteiger partial charge in [0, 0.05) is 20.6 Å². The third-order valence-corrected chi connectivity index (χ3v) is 4.13. The van der Waals surface area contributed by atoms with Crippen molar-refractivity contribution in [3.8, 4) is 11.5 Å². The summed E-state index contributed by atoms with van der Waals surface area (Å²) in [6, 6.07) is 8.53. The van der Waals surface area contributed by atoms with E-state index in [9.17, 15) is 9.90 Å². The predicted octanol–water partition coefficient (Wildman–Crippen LogP) is 4.51. The van der Waals surface area contributed by atoms with Gasteiger partial charge in [0.2, 0.25) is 0 Å². The van der Waals surface area contributed by atoms with Crippen LogP contribution in [0.1, 0.15) is 21.5 Å². The lowest BCUT2D eigenvalue weighted by Gasteiger charge is -2.12. The maximum absolute atomic E-state index is 10.7. The summed E-state index contributed by atoms with van der Waals surface area (Å²) in [6.45, 7) is 2.15. The van der Waals surface area contributed by atoms with Gasteiger partial charge in [0.15, 0.2) is 6.29 Å². The fourth-order valence-corrected chi connectivity index (χ4v) is 2.30. The van der Waals surface area contributed by atoms with Crippen LogP contribution in [0.3, 0.4) is 0 Å². The van der Waals surface area contributed by atoms with E-state index in [1.165, 1.54) is 12.1 Å². The summed E-state index contributed by atoms with van der Waals surface area (Å²) in [5.41, 5.74) is 1.77. The quantitative estimate of drug-likeness (QED) is 0.821. The lowest BCUT2D eigenvalue weighted by atomic mass is 10.1. The van der Waals surface area contributed by atoms with Crippen molar-refractivity contribution in [3.05, 3.63) is 56.5 Å². The first-order chi connectivity index (χ1) is 9.52. The Bertz CT molecular complexity index is 656. The molecule has 0 fully saturated rings. The van der Waals surface area contributed by atoms with Gasteiger partial charge in [0.05, 0.1) is 5.56 Å². The van der Waals surface area contributed by atoms with Crippen LogP contribution in [-0.2, 0) is 6.61 Å². The lowest BCUT2D eigenvalue weighted by molar-refractivity contribution is 0.112. The van der Waals surface area contributed by atoms with E-state index >= 15 is 0 Å². The van der Waals surface area contributed by atoms with Crippen LogP contribution in [0, 0.1) is 6.92 Å². The summed E-state index contributed by atoms with van der Waals surface area (Å²) < 4.78 is 6.66. The number of ether oxygens (including phenoxy) is 1. The van der Waals surface area contributed by atoms with Crippen molar-refractivity contribution in [2.45, 2.75) is 13.5 Å². The molecule has 0 unspecified atom stereocenters. The minimum atomic E-state index is -0.103. The Balaban J connectivity index is 2.21. The number of hydrogen-bond acceptors (Lipinski definition) is 3. The van der Waals surface area contributed by atoms with Crippen molar-refractivity contribution in [1.29, 1.82) is 0 Å². The number of rotatable bonds is 4. The second-order valence-corrected chi connectivity index (χ2v) is 5.53. The van der Waals surface area contributed by atoms with E-state index in [0.29, 0.717) is 16.9 Å². The van der Waals surface area contributed by atoms with E-state index < -0.39 is 0 Å². The first-order valence-electron chi connectivity index (χ1n) is 5.87. The Morgan fingerprint density at radius 2 is 2.15 bits per heavy atom. The SMILES string of the molecule is Cc1c(Br)cccc1OCc1cc(O)c(C=O)cc1Cl. The van der Waals surface area contributed by atoms with Crippen LogP contribution in [0.15, 0.2) is 34.8 Å². The molecular formula is C15H12BrClO3. The molecule has 20 heavy (non-hydrogen) atoms. The van der Waals surface area contributed by atoms with Crippen LogP contribution >= 0.6 is 27.5 Å². The molecule has 0 bridgehead atoms. The number of phenols is 1. The third kappa shape index (κ3) is 3.14. The molecule has 0 aromatic heterocycles. The molecule has 0 aliphatic rings. The van der Waals surface area contributed by atoms with E-state index in [4.69, 9.17) is 16.3 Å². The summed E-state index contributed by atoms with van der Waals surface area (Å²) in [7, 11) is 0. The molecule has 0 atom stereocenters. The molecule has 0 spiro atoms. The van der Waals surface area contributed by atoms with Crippen molar-refractivity contribution in [2.75, 3.05) is 0 Å². The van der Waals surface area contributed by atoms with Crippen LogP contribution in [0.5, 0.6) is 11.5 Å². The second-order valence-electron chi connectivity index (χ2n) is 4.27. The van der Waals surface area contributed by atoms with Gasteiger partial charge in [-0.15, -0.1) is 0 Å². The maximum atomic E-state index is 10.7. The first kappa shape index (κ1) is 14.9. The standard InChI is InChI=1S/C15H12BrClO3/c1-9-12(16)3-2-4-15(9)20-8-11-6-14(19)10(7-18)5-13(11)17/h2-7,19H,8H2,1H3. The molecule has 0 aliphatic heterocycles. The molecule has 0 radical (unpaired) electrons. The fourth-order valence-electron chi connectivity index (χ4n) is 1.73. The van der Waals surface area contributed by atoms with Crippen molar-refractivity contribution >= 4 is 33.8 Å². The average molecular weight is 356 g/mol. The summed E-state index contributed by atoms with van der Waals surface area (Å²) in [5, 5.41) is 10.0. The number of benzene rings is 2. The molecule has 5 heteroatoms. The zero-order valence-corrected chi connectivity index (χ0v) is 13.0. The molecule has 2 aromatic carbocycles. The summed E-state index contributed by atoms with van der Waals surface area (Å²) >= 11 is 9.49. The monoisotopic (exact) mass is 354 g/mol. The van der Waals surface area contributed by atoms with Crippen molar-refractivity contribution in [3.63, 3.8) is 0 Å². The maximum Gasteiger partial charge on any atom is 0.153 e. The van der Waals surface area contributed by atoms with Gasteiger partial charge >= 0.3 is 0 Å². The Morgan fingerprint density at radius 1 is 1.40 bits per heavy atom. The normalized spacial score (nSPS) is 10.3. The molecule has 2 aromatic rings. The number of halogens is 2. The Labute approximate surface area is 130 Å². The lowest BCUT2D eigenvalue weighted by Crippen LogP contribution is -1.99. The summed E-state index contributed by atoms with van der Waals surface area (Å²) in [4.78, 5) is 10.7. The van der Waals surface area contributed by atoms with Gasteiger partial charge in [0.1, 0.15) is 18.1 Å². The van der Waals surface area contributed by atoms with Gasteiger partial charge in [-0.1, -0.05) is 33.6 Å². The number of phenolic OH excluding ortho intramolecular Hbond substituents is 1. The zero-order chi connectivity index (χ0) is 14.7. The van der Waals surface area contributed by atoms with E-state index in [2.05, 4.69) is 15.9 Å². The zero-order valence-electron chi connectivity index (χ0n) is 10.7. The van der Waals surface area contributed by atoms with Gasteiger partial charge < -0.3 is 9.84 Å². The summed E-state index contributed by atoms with van der Waals surface area (Å²) in [5.74, 6) is 0.628. The topological polar surface area (TPSA) is 46.5 Å². The highest BCUT2D eigenvalue weighted by molar-refractivity contribution is 9.10. The minimum absolute atomic E-state index is 0.103.